The first kappa shape index (κ1) is 30.0. The molecule has 4 N–H and O–H groups in total. The summed E-state index contributed by atoms with van der Waals surface area (Å²) in [4.78, 5) is 50.1. The quantitative estimate of drug-likeness (QED) is 0.143. The maximum Gasteiger partial charge on any atom is 0.410 e. The Hall–Kier alpha value is -3.99. The topological polar surface area (TPSA) is 139 Å². The summed E-state index contributed by atoms with van der Waals surface area (Å²) in [6, 6.07) is 16.3. The molecule has 41 heavy (non-hydrogen) atoms. The fourth-order valence-electron chi connectivity index (χ4n) is 4.57. The van der Waals surface area contributed by atoms with Crippen molar-refractivity contribution in [2.45, 2.75) is 58.1 Å². The molecule has 0 unspecified atom stereocenters. The molecule has 1 aliphatic heterocycles. The maximum atomic E-state index is 13.6. The highest BCUT2D eigenvalue weighted by Crippen LogP contribution is 2.24. The van der Waals surface area contributed by atoms with Gasteiger partial charge in [-0.3, -0.25) is 14.6 Å². The van der Waals surface area contributed by atoms with Gasteiger partial charge >= 0.3 is 6.09 Å². The smallest absolute Gasteiger partial charge is 0.410 e. The molecule has 1 saturated heterocycles. The van der Waals surface area contributed by atoms with Gasteiger partial charge in [-0.2, -0.15) is 0 Å². The van der Waals surface area contributed by atoms with E-state index in [-0.39, 0.29) is 24.2 Å². The molecule has 10 nitrogen and oxygen atoms in total. The number of anilines is 1. The highest BCUT2D eigenvalue weighted by Gasteiger charge is 2.33. The molecule has 0 saturated carbocycles. The average molecular weight is 579 g/mol. The number of Topliss-reactive ketones (excluding diaryl/α,β-unsaturated/α-hetero) is 1. The predicted molar refractivity (Wildman–Crippen MR) is 162 cm³/mol. The lowest BCUT2D eigenvalue weighted by Gasteiger charge is -2.34. The lowest BCUT2D eigenvalue weighted by molar-refractivity contribution is -0.127. The fourth-order valence-corrected chi connectivity index (χ4v) is 5.53. The molecule has 0 aliphatic carbocycles. The molecular weight excluding hydrogens is 540 g/mol. The summed E-state index contributed by atoms with van der Waals surface area (Å²) in [5.74, 6) is -0.658. The van der Waals surface area contributed by atoms with Crippen LogP contribution in [-0.4, -0.2) is 64.9 Å². The number of thiazole rings is 1. The Bertz CT molecular complexity index is 1350. The number of amides is 2. The van der Waals surface area contributed by atoms with Gasteiger partial charge in [-0.05, 0) is 70.7 Å². The highest BCUT2D eigenvalue weighted by atomic mass is 32.1. The minimum atomic E-state index is -0.779. The molecule has 2 aromatic carbocycles. The first-order valence-corrected chi connectivity index (χ1v) is 14.7. The molecule has 2 atom stereocenters. The number of hydrogen-bond acceptors (Lipinski definition) is 7. The number of likely N-dealkylation sites (tertiary alicyclic amines) is 1. The normalized spacial score (nSPS) is 16.7. The van der Waals surface area contributed by atoms with Crippen LogP contribution in [0.15, 0.2) is 59.6 Å². The number of benzene rings is 2. The van der Waals surface area contributed by atoms with Gasteiger partial charge in [0.25, 0.3) is 0 Å². The summed E-state index contributed by atoms with van der Waals surface area (Å²) in [6.45, 7) is 6.59. The van der Waals surface area contributed by atoms with Gasteiger partial charge in [0.2, 0.25) is 11.7 Å². The van der Waals surface area contributed by atoms with E-state index in [1.807, 2.05) is 75.4 Å². The van der Waals surface area contributed by atoms with Gasteiger partial charge in [-0.15, -0.1) is 11.3 Å². The molecule has 218 valence electrons. The van der Waals surface area contributed by atoms with Gasteiger partial charge in [0.1, 0.15) is 5.60 Å². The number of aromatic nitrogens is 1. The van der Waals surface area contributed by atoms with E-state index >= 15 is 0 Å². The molecule has 0 spiro atoms. The fraction of sp³-hybridized carbons (Fsp3) is 0.433. The van der Waals surface area contributed by atoms with Crippen LogP contribution < -0.4 is 16.4 Å². The largest absolute Gasteiger partial charge is 0.444 e. The molecule has 0 radical (unpaired) electrons. The number of carbonyl (C=O) groups excluding carboxylic acids is 3. The summed E-state index contributed by atoms with van der Waals surface area (Å²) in [5.41, 5.74) is 6.98. The van der Waals surface area contributed by atoms with Gasteiger partial charge < -0.3 is 26.0 Å². The van der Waals surface area contributed by atoms with Crippen molar-refractivity contribution >= 4 is 51.0 Å². The molecular formula is C30H38N6O4S. The third-order valence-electron chi connectivity index (χ3n) is 6.56. The Kier molecular flexibility index (Phi) is 9.93. The number of rotatable bonds is 9. The van der Waals surface area contributed by atoms with Crippen molar-refractivity contribution in [3.63, 3.8) is 0 Å². The van der Waals surface area contributed by atoms with Crippen molar-refractivity contribution in [1.82, 2.24) is 15.2 Å². The monoisotopic (exact) mass is 578 g/mol. The first-order chi connectivity index (χ1) is 19.6. The van der Waals surface area contributed by atoms with Crippen LogP contribution >= 0.6 is 11.3 Å². The minimum absolute atomic E-state index is 0.237. The highest BCUT2D eigenvalue weighted by molar-refractivity contribution is 7.20. The van der Waals surface area contributed by atoms with Crippen molar-refractivity contribution in [3.8, 4) is 0 Å². The van der Waals surface area contributed by atoms with Crippen LogP contribution in [0.4, 0.5) is 10.5 Å². The van der Waals surface area contributed by atoms with E-state index in [4.69, 9.17) is 10.5 Å². The van der Waals surface area contributed by atoms with Crippen LogP contribution in [0.25, 0.3) is 10.2 Å². The third-order valence-corrected chi connectivity index (χ3v) is 7.61. The molecule has 3 aromatic rings. The number of ketones is 1. The average Bonchev–Trinajstić information content (AvgIpc) is 3.38. The zero-order valence-corrected chi connectivity index (χ0v) is 24.6. The molecule has 4 rings (SSSR count). The number of aliphatic imine (C=N–C) groups is 1. The number of hydrogen-bond donors (Lipinski definition) is 3. The zero-order chi connectivity index (χ0) is 29.4. The van der Waals surface area contributed by atoms with Crippen molar-refractivity contribution in [3.05, 3.63) is 59.6 Å². The second-order valence-electron chi connectivity index (χ2n) is 11.1. The Morgan fingerprint density at radius 3 is 2.61 bits per heavy atom. The maximum absolute atomic E-state index is 13.6. The first-order valence-electron chi connectivity index (χ1n) is 13.9. The number of ether oxygens (including phenoxy) is 1. The SMILES string of the molecule is CC(C)(C)OC(=O)N1CCC[C@H](C(=O)N[C@@H](CCCN=C(N)Nc2ccccc2)C(=O)c2nc3ccccc3s2)C1. The molecule has 2 amide bonds. The number of guanidine groups is 1. The van der Waals surface area contributed by atoms with E-state index in [0.717, 1.165) is 15.9 Å². The van der Waals surface area contributed by atoms with Crippen LogP contribution in [0.3, 0.4) is 0 Å². The lowest BCUT2D eigenvalue weighted by atomic mass is 9.96. The van der Waals surface area contributed by atoms with Gasteiger partial charge in [0.15, 0.2) is 11.0 Å². The van der Waals surface area contributed by atoms with E-state index < -0.39 is 23.7 Å². The van der Waals surface area contributed by atoms with E-state index in [1.54, 1.807) is 4.90 Å². The lowest BCUT2D eigenvalue weighted by Crippen LogP contribution is -2.50. The van der Waals surface area contributed by atoms with Gasteiger partial charge in [-0.1, -0.05) is 30.3 Å². The Morgan fingerprint density at radius 1 is 1.15 bits per heavy atom. The van der Waals surface area contributed by atoms with Crippen molar-refractivity contribution < 1.29 is 19.1 Å². The summed E-state index contributed by atoms with van der Waals surface area (Å²) in [6.07, 6.45) is 1.75. The van der Waals surface area contributed by atoms with E-state index in [9.17, 15) is 14.4 Å². The Morgan fingerprint density at radius 2 is 1.88 bits per heavy atom. The molecule has 1 fully saturated rings. The summed E-state index contributed by atoms with van der Waals surface area (Å²) >= 11 is 1.31. The van der Waals surface area contributed by atoms with Crippen molar-refractivity contribution in [1.29, 1.82) is 0 Å². The number of nitrogens with one attached hydrogen (secondary N) is 2. The van der Waals surface area contributed by atoms with E-state index in [1.165, 1.54) is 11.3 Å². The predicted octanol–water partition coefficient (Wildman–Crippen LogP) is 4.82. The molecule has 11 heteroatoms. The number of carbonyl (C=O) groups is 3. The number of para-hydroxylation sites is 2. The molecule has 0 bridgehead atoms. The number of nitrogens with two attached hydrogens (primary N) is 1. The third kappa shape index (κ3) is 8.75. The molecule has 1 aliphatic rings. The Balaban J connectivity index is 1.42. The van der Waals surface area contributed by atoms with Gasteiger partial charge in [0.05, 0.1) is 22.2 Å². The summed E-state index contributed by atoms with van der Waals surface area (Å²) < 4.78 is 6.41. The minimum Gasteiger partial charge on any atom is -0.444 e. The van der Waals surface area contributed by atoms with Gasteiger partial charge in [0, 0.05) is 25.3 Å². The van der Waals surface area contributed by atoms with Crippen LogP contribution in [0.5, 0.6) is 0 Å². The van der Waals surface area contributed by atoms with Crippen LogP contribution in [0.1, 0.15) is 56.3 Å². The zero-order valence-electron chi connectivity index (χ0n) is 23.8. The number of fused-ring (bicyclic) bond motifs is 1. The van der Waals surface area contributed by atoms with Gasteiger partial charge in [-0.25, -0.2) is 9.78 Å². The standard InChI is InChI=1S/C30H38N6O4S/c1-30(2,3)40-29(39)36-18-10-11-20(19-36)26(38)34-23(25(37)27-35-22-14-7-8-16-24(22)41-27)15-9-17-32-28(31)33-21-12-5-4-6-13-21/h4-8,12-14,16,20,23H,9-11,15,17-19H2,1-3H3,(H,34,38)(H3,31,32,33)/t20-,23-/m0/s1. The summed E-state index contributed by atoms with van der Waals surface area (Å²) in [7, 11) is 0. The van der Waals surface area contributed by atoms with E-state index in [0.29, 0.717) is 43.8 Å². The molecule has 2 heterocycles. The number of nitrogens with zero attached hydrogens (tertiary/aromatic N) is 3. The van der Waals surface area contributed by atoms with Crippen LogP contribution in [0, 0.1) is 5.92 Å². The second kappa shape index (κ2) is 13.6. The Labute approximate surface area is 244 Å². The second-order valence-corrected chi connectivity index (χ2v) is 12.1. The number of piperidine rings is 1. The van der Waals surface area contributed by atoms with Crippen molar-refractivity contribution in [2.75, 3.05) is 25.0 Å². The van der Waals surface area contributed by atoms with Crippen molar-refractivity contribution in [2.24, 2.45) is 16.6 Å². The summed E-state index contributed by atoms with van der Waals surface area (Å²) in [5, 5.41) is 6.36. The van der Waals surface area contributed by atoms with E-state index in [2.05, 4.69) is 20.6 Å². The molecule has 1 aromatic heterocycles. The van der Waals surface area contributed by atoms with Crippen LogP contribution in [-0.2, 0) is 9.53 Å². The van der Waals surface area contributed by atoms with Crippen LogP contribution in [0.2, 0.25) is 0 Å².